The maximum absolute atomic E-state index is 12.6. The van der Waals surface area contributed by atoms with Crippen LogP contribution < -0.4 is 10.6 Å². The van der Waals surface area contributed by atoms with Crippen molar-refractivity contribution in [2.75, 3.05) is 0 Å². The third kappa shape index (κ3) is 8.59. The molecule has 1 aromatic rings. The van der Waals surface area contributed by atoms with Crippen LogP contribution in [0.25, 0.3) is 0 Å². The summed E-state index contributed by atoms with van der Waals surface area (Å²) in [4.78, 5) is 24.6. The van der Waals surface area contributed by atoms with Gasteiger partial charge in [0.15, 0.2) is 5.78 Å². The number of hydrogen-bond acceptors (Lipinski definition) is 2. The normalized spacial score (nSPS) is 13.7. The summed E-state index contributed by atoms with van der Waals surface area (Å²) < 4.78 is 0. The zero-order valence-electron chi connectivity index (χ0n) is 18.0. The molecule has 2 atom stereocenters. The van der Waals surface area contributed by atoms with Crippen LogP contribution in [0.5, 0.6) is 0 Å². The van der Waals surface area contributed by atoms with Crippen molar-refractivity contribution in [1.29, 1.82) is 0 Å². The largest absolute Gasteiger partial charge is 0.336 e. The van der Waals surface area contributed by atoms with Crippen molar-refractivity contribution < 1.29 is 9.59 Å². The zero-order chi connectivity index (χ0) is 20.4. The van der Waals surface area contributed by atoms with Gasteiger partial charge in [-0.05, 0) is 44.1 Å². The molecule has 1 rings (SSSR count). The smallest absolute Gasteiger partial charge is 0.315 e. The van der Waals surface area contributed by atoms with E-state index in [4.69, 9.17) is 0 Å². The summed E-state index contributed by atoms with van der Waals surface area (Å²) in [5.41, 5.74) is 1.93. The second-order valence-corrected chi connectivity index (χ2v) is 8.67. The number of amides is 2. The van der Waals surface area contributed by atoms with Gasteiger partial charge in [-0.1, -0.05) is 64.8 Å². The summed E-state index contributed by atoms with van der Waals surface area (Å²) in [6.45, 7) is 12.6. The minimum atomic E-state index is -0.0985. The molecular weight excluding hydrogens is 336 g/mol. The van der Waals surface area contributed by atoms with Crippen LogP contribution in [-0.4, -0.2) is 23.9 Å². The Morgan fingerprint density at radius 1 is 0.963 bits per heavy atom. The lowest BCUT2D eigenvalue weighted by Crippen LogP contribution is -2.44. The number of urea groups is 1. The van der Waals surface area contributed by atoms with E-state index in [-0.39, 0.29) is 29.3 Å². The second kappa shape index (κ2) is 11.1. The van der Waals surface area contributed by atoms with Crippen molar-refractivity contribution in [2.45, 2.75) is 97.6 Å². The molecule has 27 heavy (non-hydrogen) atoms. The van der Waals surface area contributed by atoms with E-state index in [0.29, 0.717) is 6.42 Å². The Balaban J connectivity index is 2.38. The number of carbonyl (C=O) groups excluding carboxylic acids is 2. The molecule has 2 amide bonds. The maximum atomic E-state index is 12.6. The number of unbranched alkanes of at least 4 members (excludes halogenated alkanes) is 1. The van der Waals surface area contributed by atoms with Gasteiger partial charge in [0.1, 0.15) is 0 Å². The average molecular weight is 375 g/mol. The Labute approximate surface area is 165 Å². The molecule has 0 saturated carbocycles. The minimum Gasteiger partial charge on any atom is -0.336 e. The van der Waals surface area contributed by atoms with Crippen LogP contribution in [0.2, 0.25) is 0 Å². The van der Waals surface area contributed by atoms with Crippen LogP contribution >= 0.6 is 0 Å². The van der Waals surface area contributed by atoms with Gasteiger partial charge in [-0.3, -0.25) is 4.79 Å². The predicted octanol–water partition coefficient (Wildman–Crippen LogP) is 5.60. The van der Waals surface area contributed by atoms with Crippen molar-refractivity contribution in [2.24, 2.45) is 0 Å². The molecule has 0 fully saturated rings. The molecule has 4 nitrogen and oxygen atoms in total. The van der Waals surface area contributed by atoms with Crippen LogP contribution in [0.3, 0.4) is 0 Å². The molecule has 0 spiro atoms. The highest BCUT2D eigenvalue weighted by Crippen LogP contribution is 2.27. The summed E-state index contributed by atoms with van der Waals surface area (Å²) in [6, 6.07) is 8.13. The van der Waals surface area contributed by atoms with Gasteiger partial charge in [-0.2, -0.15) is 0 Å². The first kappa shape index (κ1) is 23.2. The number of nitrogens with one attached hydrogen (secondary N) is 2. The highest BCUT2D eigenvalue weighted by atomic mass is 16.2. The van der Waals surface area contributed by atoms with E-state index in [1.807, 2.05) is 32.0 Å². The number of rotatable bonds is 10. The van der Waals surface area contributed by atoms with Gasteiger partial charge in [-0.15, -0.1) is 0 Å². The van der Waals surface area contributed by atoms with E-state index >= 15 is 0 Å². The molecule has 0 radical (unpaired) electrons. The van der Waals surface area contributed by atoms with Gasteiger partial charge >= 0.3 is 6.03 Å². The number of benzene rings is 1. The first-order chi connectivity index (χ1) is 12.6. The standard InChI is InChI=1S/C23H38N2O2/c1-7-12-17(2)24-22(27)25-18(3)13-8-11-16-21(26)19-14-9-10-15-20(19)23(4,5)6/h9-10,14-15,17-18H,7-8,11-13,16H2,1-6H3,(H2,24,25,27). The lowest BCUT2D eigenvalue weighted by molar-refractivity contribution is 0.0976. The summed E-state index contributed by atoms with van der Waals surface area (Å²) in [6.07, 6.45) is 5.25. The van der Waals surface area contributed by atoms with Crippen LogP contribution in [0.15, 0.2) is 24.3 Å². The lowest BCUT2D eigenvalue weighted by Gasteiger charge is -2.22. The van der Waals surface area contributed by atoms with Gasteiger partial charge < -0.3 is 10.6 Å². The minimum absolute atomic E-state index is 0.0348. The zero-order valence-corrected chi connectivity index (χ0v) is 18.0. The van der Waals surface area contributed by atoms with Crippen molar-refractivity contribution >= 4 is 11.8 Å². The number of Topliss-reactive ketones (excluding diaryl/α,β-unsaturated/α-hetero) is 1. The first-order valence-corrected chi connectivity index (χ1v) is 10.3. The van der Waals surface area contributed by atoms with Gasteiger partial charge in [-0.25, -0.2) is 4.79 Å². The average Bonchev–Trinajstić information content (AvgIpc) is 2.57. The topological polar surface area (TPSA) is 58.2 Å². The molecule has 0 heterocycles. The third-order valence-corrected chi connectivity index (χ3v) is 4.80. The summed E-state index contributed by atoms with van der Waals surface area (Å²) >= 11 is 0. The van der Waals surface area contributed by atoms with E-state index in [9.17, 15) is 9.59 Å². The van der Waals surface area contributed by atoms with Crippen LogP contribution in [0.1, 0.15) is 96.0 Å². The quantitative estimate of drug-likeness (QED) is 0.413. The third-order valence-electron chi connectivity index (χ3n) is 4.80. The van der Waals surface area contributed by atoms with Crippen LogP contribution in [-0.2, 0) is 5.41 Å². The Morgan fingerprint density at radius 3 is 2.15 bits per heavy atom. The molecule has 0 saturated heterocycles. The van der Waals surface area contributed by atoms with Gasteiger partial charge in [0, 0.05) is 24.1 Å². The molecule has 4 heteroatoms. The molecule has 2 N–H and O–H groups in total. The van der Waals surface area contributed by atoms with E-state index in [0.717, 1.165) is 43.2 Å². The van der Waals surface area contributed by atoms with Crippen molar-refractivity contribution in [3.63, 3.8) is 0 Å². The maximum Gasteiger partial charge on any atom is 0.315 e. The highest BCUT2D eigenvalue weighted by molar-refractivity contribution is 5.97. The molecule has 152 valence electrons. The van der Waals surface area contributed by atoms with Crippen LogP contribution in [0.4, 0.5) is 4.79 Å². The molecule has 1 aromatic carbocycles. The van der Waals surface area contributed by atoms with Gasteiger partial charge in [0.25, 0.3) is 0 Å². The monoisotopic (exact) mass is 374 g/mol. The molecule has 0 aliphatic rings. The van der Waals surface area contributed by atoms with E-state index in [2.05, 4.69) is 44.4 Å². The van der Waals surface area contributed by atoms with E-state index < -0.39 is 0 Å². The Morgan fingerprint density at radius 2 is 1.56 bits per heavy atom. The fourth-order valence-electron chi connectivity index (χ4n) is 3.32. The summed E-state index contributed by atoms with van der Waals surface area (Å²) in [5.74, 6) is 0.215. The fourth-order valence-corrected chi connectivity index (χ4v) is 3.32. The van der Waals surface area contributed by atoms with Crippen molar-refractivity contribution in [3.05, 3.63) is 35.4 Å². The number of hydrogen-bond donors (Lipinski definition) is 2. The number of carbonyl (C=O) groups is 2. The van der Waals surface area contributed by atoms with Crippen molar-refractivity contribution in [1.82, 2.24) is 10.6 Å². The summed E-state index contributed by atoms with van der Waals surface area (Å²) in [5, 5.41) is 5.94. The Bertz CT molecular complexity index is 605. The molecule has 0 bridgehead atoms. The van der Waals surface area contributed by atoms with E-state index in [1.165, 1.54) is 0 Å². The second-order valence-electron chi connectivity index (χ2n) is 8.67. The Hall–Kier alpha value is -1.84. The summed E-state index contributed by atoms with van der Waals surface area (Å²) in [7, 11) is 0. The van der Waals surface area contributed by atoms with Crippen LogP contribution in [0, 0.1) is 0 Å². The van der Waals surface area contributed by atoms with E-state index in [1.54, 1.807) is 0 Å². The molecule has 0 aliphatic heterocycles. The Kier molecular flexibility index (Phi) is 9.54. The first-order valence-electron chi connectivity index (χ1n) is 10.3. The molecule has 2 unspecified atom stereocenters. The number of ketones is 1. The molecule has 0 aromatic heterocycles. The SMILES string of the molecule is CCCC(C)NC(=O)NC(C)CCCCC(=O)c1ccccc1C(C)(C)C. The fraction of sp³-hybridized carbons (Fsp3) is 0.652. The predicted molar refractivity (Wildman–Crippen MR) is 113 cm³/mol. The van der Waals surface area contributed by atoms with Gasteiger partial charge in [0.2, 0.25) is 0 Å². The molecular formula is C23H38N2O2. The van der Waals surface area contributed by atoms with Gasteiger partial charge in [0.05, 0.1) is 0 Å². The highest BCUT2D eigenvalue weighted by Gasteiger charge is 2.20. The van der Waals surface area contributed by atoms with Crippen molar-refractivity contribution in [3.8, 4) is 0 Å². The lowest BCUT2D eigenvalue weighted by atomic mass is 9.82. The molecule has 0 aliphatic carbocycles.